The number of rotatable bonds is 6. The molecule has 0 amide bonds. The quantitative estimate of drug-likeness (QED) is 0.559. The van der Waals surface area contributed by atoms with Crippen LogP contribution in [-0.4, -0.2) is 38.1 Å². The molecule has 0 bridgehead atoms. The molecule has 1 aliphatic carbocycles. The predicted octanol–water partition coefficient (Wildman–Crippen LogP) is 2.90. The van der Waals surface area contributed by atoms with Crippen molar-refractivity contribution in [3.63, 3.8) is 0 Å². The molecule has 1 aromatic rings. The standard InChI is InChI=1S/C24H26N2O4/c1-3-29-18-10-8-16(9-11-18)22(27)19-15-26-21-7-5-6-17-12-13-25-20(14-24(17,19)21)23(28)30-4-2/h5-12,14,19,25-26H,3-4,13,15H2,1-2H3. The number of ketones is 1. The highest BCUT2D eigenvalue weighted by Crippen LogP contribution is 2.51. The topological polar surface area (TPSA) is 76.7 Å². The van der Waals surface area contributed by atoms with Crippen molar-refractivity contribution in [2.24, 2.45) is 11.3 Å². The number of benzene rings is 1. The van der Waals surface area contributed by atoms with Gasteiger partial charge in [0, 0.05) is 24.4 Å². The Morgan fingerprint density at radius 2 is 1.93 bits per heavy atom. The number of hydrogen-bond donors (Lipinski definition) is 2. The molecule has 6 heteroatoms. The first-order valence-electron chi connectivity index (χ1n) is 10.3. The van der Waals surface area contributed by atoms with E-state index in [4.69, 9.17) is 9.47 Å². The fourth-order valence-corrected chi connectivity index (χ4v) is 4.42. The van der Waals surface area contributed by atoms with E-state index in [9.17, 15) is 9.59 Å². The lowest BCUT2D eigenvalue weighted by Gasteiger charge is -2.35. The molecule has 6 nitrogen and oxygen atoms in total. The van der Waals surface area contributed by atoms with E-state index in [1.807, 2.05) is 49.4 Å². The van der Waals surface area contributed by atoms with E-state index in [-0.39, 0.29) is 11.7 Å². The van der Waals surface area contributed by atoms with Gasteiger partial charge in [-0.25, -0.2) is 4.79 Å². The van der Waals surface area contributed by atoms with E-state index in [0.717, 1.165) is 17.0 Å². The van der Waals surface area contributed by atoms with Crippen molar-refractivity contribution >= 4 is 11.8 Å². The minimum atomic E-state index is -0.726. The van der Waals surface area contributed by atoms with Crippen LogP contribution in [-0.2, 0) is 9.53 Å². The Labute approximate surface area is 176 Å². The summed E-state index contributed by atoms with van der Waals surface area (Å²) < 4.78 is 10.7. The van der Waals surface area contributed by atoms with Crippen LogP contribution in [0.15, 0.2) is 71.6 Å². The molecule has 4 rings (SSSR count). The third-order valence-corrected chi connectivity index (χ3v) is 5.76. The molecule has 1 fully saturated rings. The molecule has 2 N–H and O–H groups in total. The van der Waals surface area contributed by atoms with E-state index in [0.29, 0.717) is 37.6 Å². The molecule has 3 aliphatic rings. The third-order valence-electron chi connectivity index (χ3n) is 5.76. The van der Waals surface area contributed by atoms with Gasteiger partial charge in [-0.2, -0.15) is 0 Å². The molecule has 30 heavy (non-hydrogen) atoms. The van der Waals surface area contributed by atoms with Crippen LogP contribution in [0.1, 0.15) is 24.2 Å². The zero-order valence-corrected chi connectivity index (χ0v) is 17.2. The van der Waals surface area contributed by atoms with Gasteiger partial charge in [0.2, 0.25) is 0 Å². The van der Waals surface area contributed by atoms with Crippen LogP contribution in [0.3, 0.4) is 0 Å². The van der Waals surface area contributed by atoms with E-state index in [1.165, 1.54) is 0 Å². The lowest BCUT2D eigenvalue weighted by molar-refractivity contribution is -0.139. The van der Waals surface area contributed by atoms with Crippen LogP contribution in [0.5, 0.6) is 5.75 Å². The summed E-state index contributed by atoms with van der Waals surface area (Å²) in [6, 6.07) is 7.25. The zero-order chi connectivity index (χ0) is 21.1. The van der Waals surface area contributed by atoms with Crippen molar-refractivity contribution in [2.75, 3.05) is 26.3 Å². The summed E-state index contributed by atoms with van der Waals surface area (Å²) in [5, 5.41) is 6.54. The van der Waals surface area contributed by atoms with Crippen molar-refractivity contribution in [3.05, 3.63) is 77.2 Å². The van der Waals surface area contributed by atoms with Gasteiger partial charge in [-0.1, -0.05) is 18.2 Å². The van der Waals surface area contributed by atoms with Gasteiger partial charge in [0.15, 0.2) is 5.78 Å². The smallest absolute Gasteiger partial charge is 0.354 e. The van der Waals surface area contributed by atoms with Crippen LogP contribution in [0.25, 0.3) is 0 Å². The highest BCUT2D eigenvalue weighted by Gasteiger charge is 2.52. The predicted molar refractivity (Wildman–Crippen MR) is 114 cm³/mol. The number of carbonyl (C=O) groups is 2. The molecule has 2 heterocycles. The van der Waals surface area contributed by atoms with Gasteiger partial charge in [0.25, 0.3) is 0 Å². The zero-order valence-electron chi connectivity index (χ0n) is 17.2. The van der Waals surface area contributed by atoms with E-state index >= 15 is 0 Å². The Morgan fingerprint density at radius 1 is 1.13 bits per heavy atom. The number of nitrogens with one attached hydrogen (secondary N) is 2. The summed E-state index contributed by atoms with van der Waals surface area (Å²) in [5.74, 6) is -0.0324. The maximum absolute atomic E-state index is 13.6. The van der Waals surface area contributed by atoms with Crippen molar-refractivity contribution < 1.29 is 19.1 Å². The molecule has 0 radical (unpaired) electrons. The van der Waals surface area contributed by atoms with Crippen LogP contribution in [0, 0.1) is 11.3 Å². The molecule has 1 aromatic carbocycles. The fraction of sp³-hybridized carbons (Fsp3) is 0.333. The summed E-state index contributed by atoms with van der Waals surface area (Å²) in [6.07, 6.45) is 9.88. The minimum Gasteiger partial charge on any atom is -0.494 e. The molecule has 1 saturated heterocycles. The Balaban J connectivity index is 1.76. The summed E-state index contributed by atoms with van der Waals surface area (Å²) in [4.78, 5) is 26.1. The molecule has 1 spiro atoms. The van der Waals surface area contributed by atoms with Gasteiger partial charge in [0.1, 0.15) is 11.4 Å². The average molecular weight is 406 g/mol. The van der Waals surface area contributed by atoms with Gasteiger partial charge in [-0.15, -0.1) is 0 Å². The van der Waals surface area contributed by atoms with E-state index < -0.39 is 11.4 Å². The highest BCUT2D eigenvalue weighted by molar-refractivity contribution is 6.00. The molecule has 0 aromatic heterocycles. The van der Waals surface area contributed by atoms with Gasteiger partial charge in [0.05, 0.1) is 24.5 Å². The summed E-state index contributed by atoms with van der Waals surface area (Å²) >= 11 is 0. The molecular formula is C24H26N2O4. The molecule has 156 valence electrons. The number of hydrogen-bond acceptors (Lipinski definition) is 6. The first-order chi connectivity index (χ1) is 14.6. The average Bonchev–Trinajstić information content (AvgIpc) is 3.00. The maximum atomic E-state index is 13.6. The lowest BCUT2D eigenvalue weighted by atomic mass is 9.65. The first kappa shape index (κ1) is 20.0. The Morgan fingerprint density at radius 3 is 2.67 bits per heavy atom. The second-order valence-electron chi connectivity index (χ2n) is 7.38. The second kappa shape index (κ2) is 8.22. The maximum Gasteiger partial charge on any atom is 0.354 e. The largest absolute Gasteiger partial charge is 0.494 e. The Bertz CT molecular complexity index is 971. The lowest BCUT2D eigenvalue weighted by Crippen LogP contribution is -2.35. The molecule has 0 saturated carbocycles. The van der Waals surface area contributed by atoms with Crippen molar-refractivity contribution in [3.8, 4) is 5.75 Å². The van der Waals surface area contributed by atoms with Gasteiger partial charge in [-0.3, -0.25) is 4.79 Å². The van der Waals surface area contributed by atoms with Crippen LogP contribution in [0.2, 0.25) is 0 Å². The van der Waals surface area contributed by atoms with Crippen LogP contribution in [0.4, 0.5) is 0 Å². The fourth-order valence-electron chi connectivity index (χ4n) is 4.42. The second-order valence-corrected chi connectivity index (χ2v) is 7.38. The number of esters is 1. The number of allylic oxidation sites excluding steroid dienone is 4. The minimum absolute atomic E-state index is 0.0245. The van der Waals surface area contributed by atoms with Gasteiger partial charge < -0.3 is 20.1 Å². The van der Waals surface area contributed by atoms with Gasteiger partial charge in [-0.05, 0) is 55.8 Å². The monoisotopic (exact) mass is 406 g/mol. The molecular weight excluding hydrogens is 380 g/mol. The number of Topliss-reactive ketones (excluding diaryl/α,β-unsaturated/α-hetero) is 1. The van der Waals surface area contributed by atoms with E-state index in [2.05, 4.69) is 10.6 Å². The summed E-state index contributed by atoms with van der Waals surface area (Å²) in [5.41, 5.74) is 2.21. The van der Waals surface area contributed by atoms with Gasteiger partial charge >= 0.3 is 5.97 Å². The number of ether oxygens (including phenoxy) is 2. The summed E-state index contributed by atoms with van der Waals surface area (Å²) in [7, 11) is 0. The molecule has 2 atom stereocenters. The first-order valence-corrected chi connectivity index (χ1v) is 10.3. The summed E-state index contributed by atoms with van der Waals surface area (Å²) in [6.45, 7) is 5.55. The third kappa shape index (κ3) is 3.32. The number of carbonyl (C=O) groups excluding carboxylic acids is 2. The van der Waals surface area contributed by atoms with Crippen LogP contribution < -0.4 is 15.4 Å². The van der Waals surface area contributed by atoms with Crippen molar-refractivity contribution in [1.82, 2.24) is 10.6 Å². The Hall–Kier alpha value is -3.28. The Kier molecular flexibility index (Phi) is 5.48. The van der Waals surface area contributed by atoms with Crippen LogP contribution >= 0.6 is 0 Å². The SMILES string of the molecule is CCOC(=O)C1=CC23C(=CCN1)C=CC=C2NCC3C(=O)c1ccc(OCC)cc1. The molecule has 2 aliphatic heterocycles. The highest BCUT2D eigenvalue weighted by atomic mass is 16.5. The van der Waals surface area contributed by atoms with E-state index in [1.54, 1.807) is 19.1 Å². The molecule has 2 unspecified atom stereocenters. The normalized spacial score (nSPS) is 24.1. The van der Waals surface area contributed by atoms with Crippen molar-refractivity contribution in [2.45, 2.75) is 13.8 Å². The van der Waals surface area contributed by atoms with Crippen molar-refractivity contribution in [1.29, 1.82) is 0 Å².